The normalized spacial score (nSPS) is 13.3. The van der Waals surface area contributed by atoms with E-state index in [0.717, 1.165) is 41.9 Å². The first-order valence-corrected chi connectivity index (χ1v) is 7.56. The van der Waals surface area contributed by atoms with E-state index in [4.69, 9.17) is 0 Å². The number of phenols is 1. The molecule has 3 heterocycles. The molecule has 0 fully saturated rings. The first kappa shape index (κ1) is 13.8. The fourth-order valence-corrected chi connectivity index (χ4v) is 2.99. The van der Waals surface area contributed by atoms with Crippen molar-refractivity contribution in [2.75, 3.05) is 11.4 Å². The smallest absolute Gasteiger partial charge is 0.162 e. The third-order valence-electron chi connectivity index (χ3n) is 4.14. The number of aromatic nitrogens is 4. The number of benzene rings is 1. The van der Waals surface area contributed by atoms with Gasteiger partial charge < -0.3 is 10.0 Å². The molecule has 0 spiro atoms. The second kappa shape index (κ2) is 5.39. The molecular weight excluding hydrogens is 290 g/mol. The Balaban J connectivity index is 1.54. The highest BCUT2D eigenvalue weighted by atomic mass is 16.3. The summed E-state index contributed by atoms with van der Waals surface area (Å²) in [6.45, 7) is 1.64. The Kier molecular flexibility index (Phi) is 3.22. The summed E-state index contributed by atoms with van der Waals surface area (Å²) < 4.78 is 1.74. The maximum absolute atomic E-state index is 9.92. The molecule has 0 saturated carbocycles. The largest absolute Gasteiger partial charge is 0.508 e. The fraction of sp³-hybridized carbons (Fsp3) is 0.235. The van der Waals surface area contributed by atoms with Gasteiger partial charge in [0, 0.05) is 55.5 Å². The highest BCUT2D eigenvalue weighted by molar-refractivity contribution is 5.63. The maximum atomic E-state index is 9.92. The molecule has 0 radical (unpaired) electrons. The van der Waals surface area contributed by atoms with Gasteiger partial charge in [-0.3, -0.25) is 4.68 Å². The number of aromatic hydroxyl groups is 1. The molecule has 0 aliphatic carbocycles. The van der Waals surface area contributed by atoms with Crippen molar-refractivity contribution in [2.24, 2.45) is 7.05 Å². The minimum absolute atomic E-state index is 0.383. The van der Waals surface area contributed by atoms with Gasteiger partial charge in [-0.25, -0.2) is 9.97 Å². The van der Waals surface area contributed by atoms with Crippen LogP contribution >= 0.6 is 0 Å². The molecule has 0 saturated heterocycles. The van der Waals surface area contributed by atoms with Crippen molar-refractivity contribution in [3.63, 3.8) is 0 Å². The first-order valence-electron chi connectivity index (χ1n) is 7.56. The molecular formula is C17H17N5O. The highest BCUT2D eigenvalue weighted by Gasteiger charge is 2.21. The standard InChI is InChI=1S/C17H17N5O/c1-21-11-13(9-20-21)17-18-7-12(8-19-17)10-22-6-5-14-15(22)3-2-4-16(14)23/h2-4,7-9,11,23H,5-6,10H2,1H3. The van der Waals surface area contributed by atoms with Crippen LogP contribution in [0.25, 0.3) is 11.4 Å². The predicted molar refractivity (Wildman–Crippen MR) is 87.1 cm³/mol. The lowest BCUT2D eigenvalue weighted by atomic mass is 10.1. The van der Waals surface area contributed by atoms with Crippen LogP contribution in [0.4, 0.5) is 5.69 Å². The summed E-state index contributed by atoms with van der Waals surface area (Å²) >= 11 is 0. The summed E-state index contributed by atoms with van der Waals surface area (Å²) in [6.07, 6.45) is 8.24. The molecule has 116 valence electrons. The molecule has 1 N–H and O–H groups in total. The minimum Gasteiger partial charge on any atom is -0.508 e. The average molecular weight is 307 g/mol. The van der Waals surface area contributed by atoms with E-state index in [9.17, 15) is 5.11 Å². The average Bonchev–Trinajstić information content (AvgIpc) is 3.16. The van der Waals surface area contributed by atoms with Crippen LogP contribution < -0.4 is 4.90 Å². The van der Waals surface area contributed by atoms with Crippen LogP contribution in [0.2, 0.25) is 0 Å². The van der Waals surface area contributed by atoms with Gasteiger partial charge in [-0.1, -0.05) is 6.07 Å². The lowest BCUT2D eigenvalue weighted by Gasteiger charge is -2.19. The Hall–Kier alpha value is -2.89. The second-order valence-corrected chi connectivity index (χ2v) is 5.76. The van der Waals surface area contributed by atoms with Crippen LogP contribution in [0.15, 0.2) is 43.0 Å². The molecule has 6 heteroatoms. The van der Waals surface area contributed by atoms with Gasteiger partial charge in [-0.2, -0.15) is 5.10 Å². The number of phenolic OH excluding ortho intramolecular Hbond substituents is 1. The van der Waals surface area contributed by atoms with Crippen LogP contribution in [0.3, 0.4) is 0 Å². The van der Waals surface area contributed by atoms with Crippen molar-refractivity contribution in [1.82, 2.24) is 19.7 Å². The summed E-state index contributed by atoms with van der Waals surface area (Å²) in [7, 11) is 1.87. The Morgan fingerprint density at radius 3 is 2.74 bits per heavy atom. The molecule has 0 amide bonds. The first-order chi connectivity index (χ1) is 11.2. The Bertz CT molecular complexity index is 840. The third kappa shape index (κ3) is 2.52. The predicted octanol–water partition coefficient (Wildman–Crippen LogP) is 2.15. The molecule has 4 rings (SSSR count). The van der Waals surface area contributed by atoms with E-state index >= 15 is 0 Å². The number of rotatable bonds is 3. The maximum Gasteiger partial charge on any atom is 0.162 e. The van der Waals surface area contributed by atoms with E-state index < -0.39 is 0 Å². The molecule has 1 aromatic carbocycles. The summed E-state index contributed by atoms with van der Waals surface area (Å²) in [5, 5.41) is 14.1. The number of aryl methyl sites for hydroxylation is 1. The van der Waals surface area contributed by atoms with Crippen LogP contribution in [0.1, 0.15) is 11.1 Å². The summed E-state index contributed by atoms with van der Waals surface area (Å²) in [5.74, 6) is 1.06. The van der Waals surface area contributed by atoms with Crippen molar-refractivity contribution < 1.29 is 5.11 Å². The van der Waals surface area contributed by atoms with Gasteiger partial charge in [0.05, 0.1) is 11.8 Å². The van der Waals surface area contributed by atoms with Gasteiger partial charge in [0.15, 0.2) is 5.82 Å². The topological polar surface area (TPSA) is 67.1 Å². The Morgan fingerprint density at radius 2 is 2.00 bits per heavy atom. The number of nitrogens with zero attached hydrogens (tertiary/aromatic N) is 5. The quantitative estimate of drug-likeness (QED) is 0.803. The van der Waals surface area contributed by atoms with Crippen LogP contribution in [0, 0.1) is 0 Å². The fourth-order valence-electron chi connectivity index (χ4n) is 2.99. The minimum atomic E-state index is 0.383. The van der Waals surface area contributed by atoms with Crippen molar-refractivity contribution in [3.8, 4) is 17.1 Å². The monoisotopic (exact) mass is 307 g/mol. The van der Waals surface area contributed by atoms with E-state index in [1.165, 1.54) is 0 Å². The molecule has 1 aliphatic heterocycles. The van der Waals surface area contributed by atoms with Crippen LogP contribution in [-0.4, -0.2) is 31.4 Å². The lowest BCUT2D eigenvalue weighted by molar-refractivity contribution is 0.470. The van der Waals surface area contributed by atoms with E-state index in [2.05, 4.69) is 20.0 Å². The zero-order valence-electron chi connectivity index (χ0n) is 12.8. The van der Waals surface area contributed by atoms with Gasteiger partial charge in [0.2, 0.25) is 0 Å². The molecule has 2 aromatic heterocycles. The second-order valence-electron chi connectivity index (χ2n) is 5.76. The van der Waals surface area contributed by atoms with Crippen LogP contribution in [0.5, 0.6) is 5.75 Å². The van der Waals surface area contributed by atoms with Crippen molar-refractivity contribution in [3.05, 3.63) is 54.1 Å². The zero-order valence-corrected chi connectivity index (χ0v) is 12.8. The number of fused-ring (bicyclic) bond motifs is 1. The van der Waals surface area contributed by atoms with Gasteiger partial charge in [-0.15, -0.1) is 0 Å². The van der Waals surface area contributed by atoms with Gasteiger partial charge in [0.1, 0.15) is 5.75 Å². The van der Waals surface area contributed by atoms with Crippen molar-refractivity contribution in [2.45, 2.75) is 13.0 Å². The number of hydrogen-bond acceptors (Lipinski definition) is 5. The Labute approximate surface area is 134 Å². The lowest BCUT2D eigenvalue weighted by Crippen LogP contribution is -2.19. The van der Waals surface area contributed by atoms with Crippen molar-refractivity contribution >= 4 is 5.69 Å². The molecule has 0 bridgehead atoms. The molecule has 0 unspecified atom stereocenters. The van der Waals surface area contributed by atoms with E-state index in [1.807, 2.05) is 37.8 Å². The van der Waals surface area contributed by atoms with Crippen molar-refractivity contribution in [1.29, 1.82) is 0 Å². The molecule has 0 atom stereocenters. The molecule has 3 aromatic rings. The van der Waals surface area contributed by atoms with E-state index in [-0.39, 0.29) is 0 Å². The Morgan fingerprint density at radius 1 is 1.17 bits per heavy atom. The van der Waals surface area contributed by atoms with Gasteiger partial charge in [0.25, 0.3) is 0 Å². The molecule has 1 aliphatic rings. The summed E-state index contributed by atoms with van der Waals surface area (Å²) in [4.78, 5) is 11.1. The summed E-state index contributed by atoms with van der Waals surface area (Å²) in [6, 6.07) is 5.68. The van der Waals surface area contributed by atoms with E-state index in [1.54, 1.807) is 16.9 Å². The highest BCUT2D eigenvalue weighted by Crippen LogP contribution is 2.34. The van der Waals surface area contributed by atoms with E-state index in [0.29, 0.717) is 11.6 Å². The number of anilines is 1. The zero-order chi connectivity index (χ0) is 15.8. The SMILES string of the molecule is Cn1cc(-c2ncc(CN3CCc4c(O)cccc43)cn2)cn1. The van der Waals surface area contributed by atoms with Gasteiger partial charge >= 0.3 is 0 Å². The molecule has 6 nitrogen and oxygen atoms in total. The van der Waals surface area contributed by atoms with Crippen LogP contribution in [-0.2, 0) is 20.0 Å². The summed E-state index contributed by atoms with van der Waals surface area (Å²) in [5.41, 5.74) is 4.09. The van der Waals surface area contributed by atoms with Gasteiger partial charge in [-0.05, 0) is 18.6 Å². The third-order valence-corrected chi connectivity index (χ3v) is 4.14. The number of hydrogen-bond donors (Lipinski definition) is 1. The molecule has 23 heavy (non-hydrogen) atoms.